The predicted molar refractivity (Wildman–Crippen MR) is 117 cm³/mol. The average Bonchev–Trinajstić information content (AvgIpc) is 2.72. The zero-order valence-electron chi connectivity index (χ0n) is 18.1. The molecule has 3 rings (SSSR count). The van der Waals surface area contributed by atoms with Crippen LogP contribution in [0, 0.1) is 13.8 Å². The molecule has 0 saturated carbocycles. The molecule has 1 aliphatic heterocycles. The molecule has 30 heavy (non-hydrogen) atoms. The molecule has 1 fully saturated rings. The van der Waals surface area contributed by atoms with Crippen LogP contribution in [0.15, 0.2) is 47.4 Å². The molecule has 2 aromatic carbocycles. The van der Waals surface area contributed by atoms with Gasteiger partial charge in [0, 0.05) is 26.2 Å². The third kappa shape index (κ3) is 5.02. The number of aryl methyl sites for hydroxylation is 2. The van der Waals surface area contributed by atoms with Crippen molar-refractivity contribution in [1.82, 2.24) is 9.21 Å². The highest BCUT2D eigenvalue weighted by atomic mass is 32.2. The lowest BCUT2D eigenvalue weighted by molar-refractivity contribution is -0.134. The summed E-state index contributed by atoms with van der Waals surface area (Å²) in [4.78, 5) is 14.6. The van der Waals surface area contributed by atoms with Gasteiger partial charge in [-0.2, -0.15) is 4.31 Å². The average molecular weight is 431 g/mol. The van der Waals surface area contributed by atoms with Crippen LogP contribution in [0.3, 0.4) is 0 Å². The number of piperazine rings is 1. The van der Waals surface area contributed by atoms with E-state index in [4.69, 9.17) is 4.74 Å². The van der Waals surface area contributed by atoms with E-state index < -0.39 is 10.0 Å². The van der Waals surface area contributed by atoms with Gasteiger partial charge in [0.05, 0.1) is 4.90 Å². The van der Waals surface area contributed by atoms with Crippen LogP contribution in [-0.2, 0) is 14.8 Å². The smallest absolute Gasteiger partial charge is 0.260 e. The fourth-order valence-corrected chi connectivity index (χ4v) is 4.93. The Morgan fingerprint density at radius 1 is 0.967 bits per heavy atom. The van der Waals surface area contributed by atoms with E-state index in [1.807, 2.05) is 32.0 Å². The number of carbonyl (C=O) groups is 1. The van der Waals surface area contributed by atoms with Gasteiger partial charge in [0.15, 0.2) is 6.61 Å². The number of nitrogens with zero attached hydrogens (tertiary/aromatic N) is 2. The summed E-state index contributed by atoms with van der Waals surface area (Å²) in [6.45, 7) is 9.33. The van der Waals surface area contributed by atoms with Crippen LogP contribution in [0.2, 0.25) is 0 Å². The summed E-state index contributed by atoms with van der Waals surface area (Å²) in [7, 11) is -3.54. The van der Waals surface area contributed by atoms with E-state index in [0.717, 1.165) is 22.4 Å². The number of hydrogen-bond acceptors (Lipinski definition) is 4. The molecule has 162 valence electrons. The van der Waals surface area contributed by atoms with Crippen LogP contribution >= 0.6 is 0 Å². The van der Waals surface area contributed by atoms with E-state index in [9.17, 15) is 13.2 Å². The molecular weight excluding hydrogens is 400 g/mol. The number of carbonyl (C=O) groups excluding carboxylic acids is 1. The van der Waals surface area contributed by atoms with Crippen LogP contribution in [0.5, 0.6) is 5.75 Å². The van der Waals surface area contributed by atoms with Crippen molar-refractivity contribution in [3.05, 3.63) is 59.2 Å². The maximum Gasteiger partial charge on any atom is 0.260 e. The Balaban J connectivity index is 1.58. The molecule has 1 saturated heterocycles. The van der Waals surface area contributed by atoms with Crippen LogP contribution in [0.25, 0.3) is 0 Å². The second kappa shape index (κ2) is 9.18. The van der Waals surface area contributed by atoms with Gasteiger partial charge >= 0.3 is 0 Å². The largest absolute Gasteiger partial charge is 0.483 e. The van der Waals surface area contributed by atoms with Gasteiger partial charge in [-0.15, -0.1) is 0 Å². The highest BCUT2D eigenvalue weighted by Crippen LogP contribution is 2.27. The number of benzene rings is 2. The van der Waals surface area contributed by atoms with Crippen molar-refractivity contribution < 1.29 is 17.9 Å². The zero-order valence-corrected chi connectivity index (χ0v) is 18.9. The Labute approximate surface area is 179 Å². The van der Waals surface area contributed by atoms with Gasteiger partial charge in [0.25, 0.3) is 5.91 Å². The Bertz CT molecular complexity index is 992. The third-order valence-corrected chi connectivity index (χ3v) is 7.31. The van der Waals surface area contributed by atoms with E-state index in [1.165, 1.54) is 4.31 Å². The summed E-state index contributed by atoms with van der Waals surface area (Å²) in [5, 5.41) is 0. The molecular formula is C23H30N2O4S. The SMILES string of the molecule is Cc1ccc(S(=O)(=O)N2CCN(C(=O)COc3cc(C)ccc3C(C)C)CC2)cc1. The number of ether oxygens (including phenoxy) is 1. The predicted octanol–water partition coefficient (Wildman–Crippen LogP) is 3.34. The Hall–Kier alpha value is -2.38. The Kier molecular flexibility index (Phi) is 6.83. The van der Waals surface area contributed by atoms with E-state index in [2.05, 4.69) is 13.8 Å². The standard InChI is InChI=1S/C23H30N2O4S/c1-17(2)21-10-7-19(4)15-22(21)29-16-23(26)24-11-13-25(14-12-24)30(27,28)20-8-5-18(3)6-9-20/h5-10,15,17H,11-14,16H2,1-4H3. The van der Waals surface area contributed by atoms with Crippen molar-refractivity contribution in [2.45, 2.75) is 38.5 Å². The second-order valence-corrected chi connectivity index (χ2v) is 10.0. The molecule has 1 amide bonds. The van der Waals surface area contributed by atoms with E-state index in [0.29, 0.717) is 19.0 Å². The van der Waals surface area contributed by atoms with Gasteiger partial charge in [0.1, 0.15) is 5.75 Å². The Morgan fingerprint density at radius 3 is 2.17 bits per heavy atom. The number of amides is 1. The van der Waals surface area contributed by atoms with Gasteiger partial charge in [-0.3, -0.25) is 4.79 Å². The third-order valence-electron chi connectivity index (χ3n) is 5.39. The maximum atomic E-state index is 12.8. The summed E-state index contributed by atoms with van der Waals surface area (Å²) in [6, 6.07) is 12.9. The van der Waals surface area contributed by atoms with Gasteiger partial charge < -0.3 is 9.64 Å². The van der Waals surface area contributed by atoms with Crippen LogP contribution < -0.4 is 4.74 Å². The minimum absolute atomic E-state index is 0.0477. The molecule has 0 aliphatic carbocycles. The molecule has 0 unspecified atom stereocenters. The zero-order chi connectivity index (χ0) is 21.9. The summed E-state index contributed by atoms with van der Waals surface area (Å²) < 4.78 is 32.9. The summed E-state index contributed by atoms with van der Waals surface area (Å²) in [6.07, 6.45) is 0. The molecule has 1 aliphatic rings. The number of hydrogen-bond donors (Lipinski definition) is 0. The fraction of sp³-hybridized carbons (Fsp3) is 0.435. The molecule has 0 aromatic heterocycles. The minimum atomic E-state index is -3.54. The van der Waals surface area contributed by atoms with Crippen molar-refractivity contribution in [1.29, 1.82) is 0 Å². The minimum Gasteiger partial charge on any atom is -0.483 e. The molecule has 2 aromatic rings. The first-order valence-electron chi connectivity index (χ1n) is 10.3. The van der Waals surface area contributed by atoms with Gasteiger partial charge in [-0.25, -0.2) is 8.42 Å². The normalized spacial score (nSPS) is 15.4. The van der Waals surface area contributed by atoms with E-state index >= 15 is 0 Å². The van der Waals surface area contributed by atoms with E-state index in [-0.39, 0.29) is 30.5 Å². The Morgan fingerprint density at radius 2 is 1.57 bits per heavy atom. The first-order valence-corrected chi connectivity index (χ1v) is 11.7. The first kappa shape index (κ1) is 22.3. The van der Waals surface area contributed by atoms with Gasteiger partial charge in [0.2, 0.25) is 10.0 Å². The fourth-order valence-electron chi connectivity index (χ4n) is 3.51. The molecule has 0 bridgehead atoms. The first-order chi connectivity index (χ1) is 14.2. The summed E-state index contributed by atoms with van der Waals surface area (Å²) >= 11 is 0. The van der Waals surface area contributed by atoms with Crippen LogP contribution in [-0.4, -0.2) is 56.3 Å². The van der Waals surface area contributed by atoms with Crippen LogP contribution in [0.1, 0.15) is 36.5 Å². The molecule has 7 heteroatoms. The molecule has 0 radical (unpaired) electrons. The quantitative estimate of drug-likeness (QED) is 0.705. The maximum absolute atomic E-state index is 12.8. The van der Waals surface area contributed by atoms with Crippen molar-refractivity contribution in [3.63, 3.8) is 0 Å². The molecule has 0 N–H and O–H groups in total. The van der Waals surface area contributed by atoms with Crippen molar-refractivity contribution in [3.8, 4) is 5.75 Å². The summed E-state index contributed by atoms with van der Waals surface area (Å²) in [5.74, 6) is 0.906. The van der Waals surface area contributed by atoms with Crippen molar-refractivity contribution in [2.75, 3.05) is 32.8 Å². The highest BCUT2D eigenvalue weighted by Gasteiger charge is 2.30. The summed E-state index contributed by atoms with van der Waals surface area (Å²) in [5.41, 5.74) is 3.16. The van der Waals surface area contributed by atoms with E-state index in [1.54, 1.807) is 29.2 Å². The molecule has 0 spiro atoms. The topological polar surface area (TPSA) is 66.9 Å². The number of rotatable bonds is 6. The lowest BCUT2D eigenvalue weighted by Gasteiger charge is -2.34. The molecule has 6 nitrogen and oxygen atoms in total. The van der Waals surface area contributed by atoms with Crippen LogP contribution in [0.4, 0.5) is 0 Å². The second-order valence-electron chi connectivity index (χ2n) is 8.08. The monoisotopic (exact) mass is 430 g/mol. The van der Waals surface area contributed by atoms with Crippen molar-refractivity contribution in [2.24, 2.45) is 0 Å². The molecule has 1 heterocycles. The molecule has 0 atom stereocenters. The van der Waals surface area contributed by atoms with Gasteiger partial charge in [-0.1, -0.05) is 43.7 Å². The number of sulfonamides is 1. The van der Waals surface area contributed by atoms with Crippen molar-refractivity contribution >= 4 is 15.9 Å². The highest BCUT2D eigenvalue weighted by molar-refractivity contribution is 7.89. The lowest BCUT2D eigenvalue weighted by Crippen LogP contribution is -2.51. The van der Waals surface area contributed by atoms with Gasteiger partial charge in [-0.05, 0) is 49.1 Å². The lowest BCUT2D eigenvalue weighted by atomic mass is 10.0.